The molecule has 0 fully saturated rings. The van der Waals surface area contributed by atoms with E-state index in [0.717, 1.165) is 5.39 Å². The van der Waals surface area contributed by atoms with Gasteiger partial charge in [0.1, 0.15) is 16.7 Å². The highest BCUT2D eigenvalue weighted by atomic mass is 35.5. The van der Waals surface area contributed by atoms with Gasteiger partial charge in [0.2, 0.25) is 0 Å². The predicted octanol–water partition coefficient (Wildman–Crippen LogP) is 5.52. The van der Waals surface area contributed by atoms with Crippen molar-refractivity contribution in [2.24, 2.45) is 0 Å². The van der Waals surface area contributed by atoms with E-state index < -0.39 is 18.0 Å². The Kier molecular flexibility index (Phi) is 6.21. The van der Waals surface area contributed by atoms with E-state index >= 15 is 0 Å². The van der Waals surface area contributed by atoms with Crippen molar-refractivity contribution in [3.8, 4) is 11.5 Å². The fourth-order valence-electron chi connectivity index (χ4n) is 3.53. The molecule has 32 heavy (non-hydrogen) atoms. The fraction of sp³-hybridized carbons (Fsp3) is 0.174. The Morgan fingerprint density at radius 3 is 2.75 bits per heavy atom. The summed E-state index contributed by atoms with van der Waals surface area (Å²) in [7, 11) is 0. The van der Waals surface area contributed by atoms with Gasteiger partial charge in [-0.3, -0.25) is 0 Å². The van der Waals surface area contributed by atoms with E-state index in [1.165, 1.54) is 0 Å². The molecule has 0 aliphatic carbocycles. The Morgan fingerprint density at radius 2 is 1.97 bits per heavy atom. The summed E-state index contributed by atoms with van der Waals surface area (Å²) in [6, 6.07) is 12.9. The van der Waals surface area contributed by atoms with Crippen molar-refractivity contribution in [1.29, 1.82) is 0 Å². The van der Waals surface area contributed by atoms with Crippen LogP contribution >= 0.6 is 23.2 Å². The first kappa shape index (κ1) is 21.9. The third-order valence-corrected chi connectivity index (χ3v) is 5.32. The van der Waals surface area contributed by atoms with Gasteiger partial charge in [-0.15, -0.1) is 0 Å². The number of urea groups is 1. The number of nitrogens with zero attached hydrogens (tertiary/aromatic N) is 1. The molecule has 4 rings (SSSR count). The van der Waals surface area contributed by atoms with Crippen molar-refractivity contribution in [2.75, 3.05) is 6.61 Å². The van der Waals surface area contributed by atoms with Gasteiger partial charge in [-0.1, -0.05) is 35.3 Å². The topological polar surface area (TPSA) is 89.5 Å². The minimum absolute atomic E-state index is 0.222. The van der Waals surface area contributed by atoms with Gasteiger partial charge in [-0.2, -0.15) is 0 Å². The highest BCUT2D eigenvalue weighted by Gasteiger charge is 2.32. The fourth-order valence-corrected chi connectivity index (χ4v) is 3.89. The van der Waals surface area contributed by atoms with E-state index in [0.29, 0.717) is 38.9 Å². The molecule has 1 aromatic heterocycles. The Hall–Kier alpha value is -3.29. The SMILES string of the molecule is CCOC(=O)C1=C(C)NC(=O)NC1c1cccc(Oc2cc(Cl)nc3cc(Cl)ccc23)c1. The highest BCUT2D eigenvalue weighted by Crippen LogP contribution is 2.35. The summed E-state index contributed by atoms with van der Waals surface area (Å²) in [5.74, 6) is 0.493. The van der Waals surface area contributed by atoms with Crippen molar-refractivity contribution in [3.05, 3.63) is 75.5 Å². The third-order valence-electron chi connectivity index (χ3n) is 4.89. The zero-order chi connectivity index (χ0) is 22.8. The summed E-state index contributed by atoms with van der Waals surface area (Å²) in [5, 5.41) is 6.94. The molecule has 0 saturated heterocycles. The number of benzene rings is 2. The molecule has 3 aromatic rings. The van der Waals surface area contributed by atoms with Crippen LogP contribution < -0.4 is 15.4 Å². The normalized spacial score (nSPS) is 15.9. The van der Waals surface area contributed by atoms with E-state index in [9.17, 15) is 9.59 Å². The molecule has 0 spiro atoms. The van der Waals surface area contributed by atoms with Crippen LogP contribution in [0.15, 0.2) is 59.8 Å². The maximum atomic E-state index is 12.6. The molecule has 1 atom stereocenters. The van der Waals surface area contributed by atoms with E-state index in [4.69, 9.17) is 32.7 Å². The van der Waals surface area contributed by atoms with Crippen LogP contribution in [-0.2, 0) is 9.53 Å². The molecular weight excluding hydrogens is 453 g/mol. The van der Waals surface area contributed by atoms with Gasteiger partial charge in [-0.05, 0) is 49.7 Å². The predicted molar refractivity (Wildman–Crippen MR) is 122 cm³/mol. The largest absolute Gasteiger partial charge is 0.463 e. The van der Waals surface area contributed by atoms with E-state index in [1.807, 2.05) is 0 Å². The van der Waals surface area contributed by atoms with E-state index in [-0.39, 0.29) is 11.8 Å². The van der Waals surface area contributed by atoms with Crippen molar-refractivity contribution < 1.29 is 19.1 Å². The lowest BCUT2D eigenvalue weighted by molar-refractivity contribution is -0.139. The Balaban J connectivity index is 1.71. The number of carbonyl (C=O) groups is 2. The molecular formula is C23H19Cl2N3O4. The number of aromatic nitrogens is 1. The lowest BCUT2D eigenvalue weighted by Gasteiger charge is -2.28. The Bertz CT molecular complexity index is 1250. The number of hydrogen-bond donors (Lipinski definition) is 2. The summed E-state index contributed by atoms with van der Waals surface area (Å²) >= 11 is 12.2. The summed E-state index contributed by atoms with van der Waals surface area (Å²) in [4.78, 5) is 28.9. The monoisotopic (exact) mass is 471 g/mol. The number of rotatable bonds is 5. The number of carbonyl (C=O) groups excluding carboxylic acids is 2. The number of nitrogens with one attached hydrogen (secondary N) is 2. The van der Waals surface area contributed by atoms with Crippen molar-refractivity contribution in [3.63, 3.8) is 0 Å². The summed E-state index contributed by atoms with van der Waals surface area (Å²) < 4.78 is 11.3. The zero-order valence-electron chi connectivity index (χ0n) is 17.2. The van der Waals surface area contributed by atoms with Crippen LogP contribution in [0.1, 0.15) is 25.5 Å². The molecule has 2 aromatic carbocycles. The molecule has 1 aliphatic rings. The van der Waals surface area contributed by atoms with Crippen LogP contribution in [-0.4, -0.2) is 23.6 Å². The van der Waals surface area contributed by atoms with E-state index in [1.54, 1.807) is 62.4 Å². The molecule has 2 amide bonds. The first-order chi connectivity index (χ1) is 15.4. The first-order valence-electron chi connectivity index (χ1n) is 9.84. The number of halogens is 2. The number of fused-ring (bicyclic) bond motifs is 1. The first-order valence-corrected chi connectivity index (χ1v) is 10.6. The van der Waals surface area contributed by atoms with Gasteiger partial charge in [0, 0.05) is 22.2 Å². The second-order valence-corrected chi connectivity index (χ2v) is 7.89. The molecule has 0 saturated carbocycles. The van der Waals surface area contributed by atoms with Gasteiger partial charge in [-0.25, -0.2) is 14.6 Å². The molecule has 9 heteroatoms. The average molecular weight is 472 g/mol. The van der Waals surface area contributed by atoms with Crippen LogP contribution in [0.2, 0.25) is 10.2 Å². The van der Waals surface area contributed by atoms with Gasteiger partial charge in [0.05, 0.1) is 23.7 Å². The second-order valence-electron chi connectivity index (χ2n) is 7.07. The smallest absolute Gasteiger partial charge is 0.338 e. The molecule has 1 aliphatic heterocycles. The number of allylic oxidation sites excluding steroid dienone is 1. The second kappa shape index (κ2) is 9.06. The molecule has 164 valence electrons. The number of esters is 1. The summed E-state index contributed by atoms with van der Waals surface area (Å²) in [6.07, 6.45) is 0. The maximum Gasteiger partial charge on any atom is 0.338 e. The minimum atomic E-state index is -0.692. The van der Waals surface area contributed by atoms with Gasteiger partial charge >= 0.3 is 12.0 Å². The number of ether oxygens (including phenoxy) is 2. The van der Waals surface area contributed by atoms with Crippen LogP contribution in [0.5, 0.6) is 11.5 Å². The van der Waals surface area contributed by atoms with Crippen LogP contribution in [0.4, 0.5) is 4.79 Å². The summed E-state index contributed by atoms with van der Waals surface area (Å²) in [6.45, 7) is 3.61. The third kappa shape index (κ3) is 4.49. The Morgan fingerprint density at radius 1 is 1.16 bits per heavy atom. The van der Waals surface area contributed by atoms with Gasteiger partial charge in [0.25, 0.3) is 0 Å². The number of hydrogen-bond acceptors (Lipinski definition) is 5. The molecule has 0 bridgehead atoms. The molecule has 2 heterocycles. The standard InChI is InChI=1S/C23H19Cl2N3O4/c1-3-31-22(29)20-12(2)26-23(30)28-21(20)13-5-4-6-15(9-13)32-18-11-19(25)27-17-10-14(24)7-8-16(17)18/h4-11,21H,3H2,1-2H3,(H2,26,28,30). The van der Waals surface area contributed by atoms with Crippen molar-refractivity contribution in [2.45, 2.75) is 19.9 Å². The highest BCUT2D eigenvalue weighted by molar-refractivity contribution is 6.32. The quantitative estimate of drug-likeness (QED) is 0.377. The molecule has 7 nitrogen and oxygen atoms in total. The van der Waals surface area contributed by atoms with Gasteiger partial charge < -0.3 is 20.1 Å². The van der Waals surface area contributed by atoms with Crippen molar-refractivity contribution >= 4 is 46.1 Å². The average Bonchev–Trinajstić information content (AvgIpc) is 2.73. The summed E-state index contributed by atoms with van der Waals surface area (Å²) in [5.41, 5.74) is 2.03. The molecule has 0 radical (unpaired) electrons. The lowest BCUT2D eigenvalue weighted by Crippen LogP contribution is -2.45. The number of amides is 2. The molecule has 1 unspecified atom stereocenters. The molecule has 2 N–H and O–H groups in total. The maximum absolute atomic E-state index is 12.6. The minimum Gasteiger partial charge on any atom is -0.463 e. The van der Waals surface area contributed by atoms with Gasteiger partial charge in [0.15, 0.2) is 0 Å². The van der Waals surface area contributed by atoms with Crippen LogP contribution in [0.3, 0.4) is 0 Å². The Labute approximate surface area is 194 Å². The van der Waals surface area contributed by atoms with Crippen LogP contribution in [0.25, 0.3) is 10.9 Å². The van der Waals surface area contributed by atoms with Crippen molar-refractivity contribution in [1.82, 2.24) is 15.6 Å². The number of pyridine rings is 1. The zero-order valence-corrected chi connectivity index (χ0v) is 18.8. The lowest BCUT2D eigenvalue weighted by atomic mass is 9.95. The van der Waals surface area contributed by atoms with Crippen LogP contribution in [0, 0.1) is 0 Å². The van der Waals surface area contributed by atoms with E-state index in [2.05, 4.69) is 15.6 Å².